The first-order valence-corrected chi connectivity index (χ1v) is 6.31. The number of carboxylic acids is 1. The van der Waals surface area contributed by atoms with E-state index in [1.165, 1.54) is 19.1 Å². The summed E-state index contributed by atoms with van der Waals surface area (Å²) in [7, 11) is 0. The van der Waals surface area contributed by atoms with Gasteiger partial charge in [0.25, 0.3) is 0 Å². The summed E-state index contributed by atoms with van der Waals surface area (Å²) < 4.78 is 12.6. The van der Waals surface area contributed by atoms with Gasteiger partial charge < -0.3 is 10.8 Å². The van der Waals surface area contributed by atoms with E-state index in [0.717, 1.165) is 10.6 Å². The van der Waals surface area contributed by atoms with Crippen LogP contribution in [0.25, 0.3) is 0 Å². The van der Waals surface area contributed by atoms with Crippen molar-refractivity contribution in [3.8, 4) is 0 Å². The summed E-state index contributed by atoms with van der Waals surface area (Å²) in [6.45, 7) is 1.51. The molecule has 1 aromatic rings. The van der Waals surface area contributed by atoms with E-state index in [1.807, 2.05) is 0 Å². The van der Waals surface area contributed by atoms with Crippen LogP contribution in [0.15, 0.2) is 29.2 Å². The van der Waals surface area contributed by atoms with Gasteiger partial charge in [-0.1, -0.05) is 0 Å². The van der Waals surface area contributed by atoms with Crippen LogP contribution < -0.4 is 5.73 Å². The molecule has 5 heteroatoms. The topological polar surface area (TPSA) is 63.3 Å². The van der Waals surface area contributed by atoms with E-state index in [1.54, 1.807) is 23.9 Å². The van der Waals surface area contributed by atoms with Crippen molar-refractivity contribution < 1.29 is 14.3 Å². The number of aliphatic carboxylic acids is 1. The molecule has 1 unspecified atom stereocenters. The molecule has 0 amide bonds. The molecule has 0 bridgehead atoms. The van der Waals surface area contributed by atoms with Crippen molar-refractivity contribution in [2.75, 3.05) is 5.75 Å². The Morgan fingerprint density at radius 3 is 2.59 bits per heavy atom. The molecule has 0 saturated carbocycles. The summed E-state index contributed by atoms with van der Waals surface area (Å²) in [6, 6.07) is 6.23. The van der Waals surface area contributed by atoms with Gasteiger partial charge in [0.05, 0.1) is 0 Å². The quantitative estimate of drug-likeness (QED) is 0.607. The first-order chi connectivity index (χ1) is 7.92. The second-order valence-electron chi connectivity index (χ2n) is 4.13. The highest BCUT2D eigenvalue weighted by atomic mass is 32.2. The third-order valence-corrected chi connectivity index (χ3v) is 3.51. The molecule has 0 spiro atoms. The standard InChI is InChI=1S/C12H16FNO2S/c1-12(14,11(15)16)7-2-8-17-10-5-3-9(13)4-6-10/h3-6H,2,7-8,14H2,1H3,(H,15,16). The highest BCUT2D eigenvalue weighted by Gasteiger charge is 2.26. The van der Waals surface area contributed by atoms with E-state index in [2.05, 4.69) is 0 Å². The molecule has 3 N–H and O–H groups in total. The van der Waals surface area contributed by atoms with E-state index in [4.69, 9.17) is 10.8 Å². The fourth-order valence-corrected chi connectivity index (χ4v) is 2.12. The van der Waals surface area contributed by atoms with E-state index in [0.29, 0.717) is 12.8 Å². The van der Waals surface area contributed by atoms with Crippen molar-refractivity contribution in [1.29, 1.82) is 0 Å². The molecule has 1 rings (SSSR count). The molecule has 0 aliphatic heterocycles. The molecule has 3 nitrogen and oxygen atoms in total. The normalized spacial score (nSPS) is 14.3. The first-order valence-electron chi connectivity index (χ1n) is 5.32. The predicted octanol–water partition coefficient (Wildman–Crippen LogP) is 2.50. The van der Waals surface area contributed by atoms with Gasteiger partial charge in [0.1, 0.15) is 11.4 Å². The van der Waals surface area contributed by atoms with Crippen LogP contribution in [0.2, 0.25) is 0 Å². The van der Waals surface area contributed by atoms with E-state index in [9.17, 15) is 9.18 Å². The summed E-state index contributed by atoms with van der Waals surface area (Å²) in [4.78, 5) is 11.7. The fourth-order valence-electron chi connectivity index (χ4n) is 1.27. The molecule has 1 atom stereocenters. The number of carboxylic acid groups (broad SMARTS) is 1. The van der Waals surface area contributed by atoms with Crippen LogP contribution in [-0.2, 0) is 4.79 Å². The summed E-state index contributed by atoms with van der Waals surface area (Å²) in [5, 5.41) is 8.81. The zero-order valence-electron chi connectivity index (χ0n) is 9.65. The van der Waals surface area contributed by atoms with Crippen molar-refractivity contribution in [3.63, 3.8) is 0 Å². The third kappa shape index (κ3) is 4.75. The lowest BCUT2D eigenvalue weighted by Crippen LogP contribution is -2.44. The van der Waals surface area contributed by atoms with Gasteiger partial charge >= 0.3 is 5.97 Å². The number of halogens is 1. The Labute approximate surface area is 104 Å². The molecule has 0 aliphatic rings. The monoisotopic (exact) mass is 257 g/mol. The van der Waals surface area contributed by atoms with Crippen LogP contribution >= 0.6 is 11.8 Å². The highest BCUT2D eigenvalue weighted by molar-refractivity contribution is 7.99. The minimum Gasteiger partial charge on any atom is -0.480 e. The molecule has 1 aromatic carbocycles. The van der Waals surface area contributed by atoms with Gasteiger partial charge in [-0.05, 0) is 49.8 Å². The van der Waals surface area contributed by atoms with E-state index in [-0.39, 0.29) is 5.82 Å². The highest BCUT2D eigenvalue weighted by Crippen LogP contribution is 2.21. The lowest BCUT2D eigenvalue weighted by Gasteiger charge is -2.18. The Morgan fingerprint density at radius 2 is 2.06 bits per heavy atom. The van der Waals surface area contributed by atoms with Gasteiger partial charge in [-0.3, -0.25) is 4.79 Å². The Balaban J connectivity index is 2.29. The largest absolute Gasteiger partial charge is 0.480 e. The molecule has 17 heavy (non-hydrogen) atoms. The third-order valence-electron chi connectivity index (χ3n) is 2.41. The smallest absolute Gasteiger partial charge is 0.323 e. The second kappa shape index (κ2) is 6.02. The summed E-state index contributed by atoms with van der Waals surface area (Å²) >= 11 is 1.57. The van der Waals surface area contributed by atoms with E-state index < -0.39 is 11.5 Å². The number of benzene rings is 1. The van der Waals surface area contributed by atoms with Crippen LogP contribution in [0.3, 0.4) is 0 Å². The summed E-state index contributed by atoms with van der Waals surface area (Å²) in [6.07, 6.45) is 1.14. The predicted molar refractivity (Wildman–Crippen MR) is 66.6 cm³/mol. The second-order valence-corrected chi connectivity index (χ2v) is 5.30. The Bertz CT molecular complexity index is 379. The van der Waals surface area contributed by atoms with Crippen LogP contribution in [0.1, 0.15) is 19.8 Å². The lowest BCUT2D eigenvalue weighted by atomic mass is 9.98. The van der Waals surface area contributed by atoms with Crippen molar-refractivity contribution in [1.82, 2.24) is 0 Å². The maximum Gasteiger partial charge on any atom is 0.323 e. The SMILES string of the molecule is CC(N)(CCCSc1ccc(F)cc1)C(=O)O. The molecule has 94 valence electrons. The Hall–Kier alpha value is -1.07. The summed E-state index contributed by atoms with van der Waals surface area (Å²) in [5.74, 6) is -0.467. The van der Waals surface area contributed by atoms with Crippen LogP contribution in [0, 0.1) is 5.82 Å². The molecular weight excluding hydrogens is 241 g/mol. The molecule has 0 aliphatic carbocycles. The van der Waals surface area contributed by atoms with Crippen LogP contribution in [-0.4, -0.2) is 22.4 Å². The number of hydrogen-bond donors (Lipinski definition) is 2. The van der Waals surface area contributed by atoms with Gasteiger partial charge in [0.15, 0.2) is 0 Å². The zero-order chi connectivity index (χ0) is 12.9. The fraction of sp³-hybridized carbons (Fsp3) is 0.417. The number of rotatable bonds is 6. The van der Waals surface area contributed by atoms with Gasteiger partial charge in [-0.2, -0.15) is 0 Å². The average molecular weight is 257 g/mol. The Kier molecular flexibility index (Phi) is 4.96. The molecule has 0 heterocycles. The van der Waals surface area contributed by atoms with E-state index >= 15 is 0 Å². The number of nitrogens with two attached hydrogens (primary N) is 1. The van der Waals surface area contributed by atoms with Gasteiger partial charge in [0.2, 0.25) is 0 Å². The molecular formula is C12H16FNO2S. The first kappa shape index (κ1) is 14.0. The maximum atomic E-state index is 12.6. The number of thioether (sulfide) groups is 1. The minimum absolute atomic E-state index is 0.255. The van der Waals surface area contributed by atoms with Crippen molar-refractivity contribution >= 4 is 17.7 Å². The molecule has 0 radical (unpaired) electrons. The molecule has 0 fully saturated rings. The molecule has 0 aromatic heterocycles. The summed E-state index contributed by atoms with van der Waals surface area (Å²) in [5.41, 5.74) is 4.44. The van der Waals surface area contributed by atoms with Gasteiger partial charge in [-0.25, -0.2) is 4.39 Å². The lowest BCUT2D eigenvalue weighted by molar-refractivity contribution is -0.142. The van der Waals surface area contributed by atoms with Gasteiger partial charge in [0, 0.05) is 4.90 Å². The Morgan fingerprint density at radius 1 is 1.47 bits per heavy atom. The van der Waals surface area contributed by atoms with Crippen molar-refractivity contribution in [3.05, 3.63) is 30.1 Å². The number of hydrogen-bond acceptors (Lipinski definition) is 3. The van der Waals surface area contributed by atoms with Crippen LogP contribution in [0.4, 0.5) is 4.39 Å². The maximum absolute atomic E-state index is 12.6. The average Bonchev–Trinajstić information content (AvgIpc) is 2.26. The number of carbonyl (C=O) groups is 1. The van der Waals surface area contributed by atoms with Crippen molar-refractivity contribution in [2.45, 2.75) is 30.2 Å². The van der Waals surface area contributed by atoms with Crippen LogP contribution in [0.5, 0.6) is 0 Å². The van der Waals surface area contributed by atoms with Gasteiger partial charge in [-0.15, -0.1) is 11.8 Å². The minimum atomic E-state index is -1.16. The molecule has 0 saturated heterocycles. The van der Waals surface area contributed by atoms with Crippen molar-refractivity contribution in [2.24, 2.45) is 5.73 Å². The zero-order valence-corrected chi connectivity index (χ0v) is 10.5.